The normalized spacial score (nSPS) is 11.1. The summed E-state index contributed by atoms with van der Waals surface area (Å²) in [4.78, 5) is 0. The standard InChI is InChI=1S/C8H20N2O/c1-9(2)8(11-6)7-10(3,4)5/h7H2,1-6H3/q+2. The highest BCUT2D eigenvalue weighted by atomic mass is 16.5. The fourth-order valence-corrected chi connectivity index (χ4v) is 0.794. The summed E-state index contributed by atoms with van der Waals surface area (Å²) in [6, 6.07) is 0. The Hall–Kier alpha value is -0.570. The molecule has 0 aliphatic rings. The highest BCUT2D eigenvalue weighted by molar-refractivity contribution is 5.71. The van der Waals surface area contributed by atoms with E-state index in [1.54, 1.807) is 7.11 Å². The molecule has 0 aromatic heterocycles. The zero-order valence-electron chi connectivity index (χ0n) is 8.51. The summed E-state index contributed by atoms with van der Waals surface area (Å²) in [7, 11) is 12.1. The number of hydrogen-bond donors (Lipinski definition) is 0. The summed E-state index contributed by atoms with van der Waals surface area (Å²) in [5, 5.41) is 0. The third-order valence-corrected chi connectivity index (χ3v) is 1.34. The van der Waals surface area contributed by atoms with E-state index in [9.17, 15) is 0 Å². The molecule has 0 N–H and O–H groups in total. The molecule has 0 atom stereocenters. The Bertz CT molecular complexity index is 152. The van der Waals surface area contributed by atoms with Gasteiger partial charge in [-0.25, -0.2) is 4.58 Å². The third-order valence-electron chi connectivity index (χ3n) is 1.34. The number of hydrogen-bond acceptors (Lipinski definition) is 1. The molecule has 0 rings (SSSR count). The van der Waals surface area contributed by atoms with Crippen molar-refractivity contribution in [1.82, 2.24) is 0 Å². The van der Waals surface area contributed by atoms with Crippen molar-refractivity contribution >= 4 is 5.90 Å². The summed E-state index contributed by atoms with van der Waals surface area (Å²) in [6.07, 6.45) is 0. The highest BCUT2D eigenvalue weighted by Crippen LogP contribution is 1.91. The average molecular weight is 160 g/mol. The molecule has 0 heterocycles. The highest BCUT2D eigenvalue weighted by Gasteiger charge is 2.18. The van der Waals surface area contributed by atoms with Gasteiger partial charge in [-0.05, 0) is 0 Å². The number of quaternary nitrogens is 1. The van der Waals surface area contributed by atoms with Crippen LogP contribution in [-0.2, 0) is 4.74 Å². The largest absolute Gasteiger partial charge is 0.447 e. The van der Waals surface area contributed by atoms with E-state index in [2.05, 4.69) is 21.1 Å². The van der Waals surface area contributed by atoms with Gasteiger partial charge in [0.25, 0.3) is 0 Å². The summed E-state index contributed by atoms with van der Waals surface area (Å²) in [5.74, 6) is 1.01. The Kier molecular flexibility index (Phi) is 3.52. The predicted octanol–water partition coefficient (Wildman–Crippen LogP) is 0.00960. The SMILES string of the molecule is COC(C[N+](C)(C)C)=[N+](C)C. The third kappa shape index (κ3) is 4.79. The molecule has 11 heavy (non-hydrogen) atoms. The first-order valence-corrected chi connectivity index (χ1v) is 3.74. The number of ether oxygens (including phenoxy) is 1. The lowest BCUT2D eigenvalue weighted by Gasteiger charge is -2.21. The van der Waals surface area contributed by atoms with Gasteiger partial charge in [0.05, 0.1) is 28.3 Å². The summed E-state index contributed by atoms with van der Waals surface area (Å²) < 4.78 is 8.11. The number of methoxy groups -OCH3 is 1. The van der Waals surface area contributed by atoms with Gasteiger partial charge in [-0.1, -0.05) is 0 Å². The van der Waals surface area contributed by atoms with Crippen LogP contribution >= 0.6 is 0 Å². The number of nitrogens with zero attached hydrogens (tertiary/aromatic N) is 2. The molecule has 0 spiro atoms. The minimum atomic E-state index is 0.890. The molecular formula is C8H20N2O+2. The van der Waals surface area contributed by atoms with Crippen molar-refractivity contribution in [1.29, 1.82) is 0 Å². The van der Waals surface area contributed by atoms with E-state index in [4.69, 9.17) is 4.74 Å². The second-order valence-electron chi connectivity index (χ2n) is 3.94. The monoisotopic (exact) mass is 160 g/mol. The molecule has 0 radical (unpaired) electrons. The lowest BCUT2D eigenvalue weighted by molar-refractivity contribution is -0.863. The fourth-order valence-electron chi connectivity index (χ4n) is 0.794. The Morgan fingerprint density at radius 2 is 1.73 bits per heavy atom. The van der Waals surface area contributed by atoms with Gasteiger partial charge in [0, 0.05) is 0 Å². The van der Waals surface area contributed by atoms with Crippen LogP contribution in [0, 0.1) is 0 Å². The van der Waals surface area contributed by atoms with Crippen molar-refractivity contribution in [2.75, 3.05) is 48.9 Å². The van der Waals surface area contributed by atoms with Crippen LogP contribution in [0.25, 0.3) is 0 Å². The topological polar surface area (TPSA) is 12.2 Å². The minimum absolute atomic E-state index is 0.890. The Labute approximate surface area is 69.5 Å². The van der Waals surface area contributed by atoms with Crippen molar-refractivity contribution in [2.24, 2.45) is 0 Å². The van der Waals surface area contributed by atoms with Crippen LogP contribution in [0.3, 0.4) is 0 Å². The fraction of sp³-hybridized carbons (Fsp3) is 0.875. The molecule has 0 saturated heterocycles. The van der Waals surface area contributed by atoms with Crippen LogP contribution < -0.4 is 0 Å². The molecule has 0 unspecified atom stereocenters. The molecule has 3 nitrogen and oxygen atoms in total. The number of likely N-dealkylation sites (N-methyl/N-ethyl adjacent to an activating group) is 1. The summed E-state index contributed by atoms with van der Waals surface area (Å²) in [6.45, 7) is 0.920. The molecular weight excluding hydrogens is 140 g/mol. The Morgan fingerprint density at radius 1 is 1.27 bits per heavy atom. The van der Waals surface area contributed by atoms with Crippen molar-refractivity contribution in [2.45, 2.75) is 0 Å². The Balaban J connectivity index is 4.23. The maximum Gasteiger partial charge on any atom is 0.392 e. The van der Waals surface area contributed by atoms with Gasteiger partial charge in [-0.3, -0.25) is 0 Å². The average Bonchev–Trinajstić information content (AvgIpc) is 1.80. The molecule has 0 aliphatic carbocycles. The molecule has 0 amide bonds. The maximum atomic E-state index is 5.21. The van der Waals surface area contributed by atoms with Gasteiger partial charge in [0.15, 0.2) is 0 Å². The van der Waals surface area contributed by atoms with E-state index in [1.165, 1.54) is 0 Å². The zero-order chi connectivity index (χ0) is 9.07. The van der Waals surface area contributed by atoms with Gasteiger partial charge in [0.2, 0.25) is 6.54 Å². The molecule has 0 saturated carbocycles. The van der Waals surface area contributed by atoms with E-state index >= 15 is 0 Å². The molecule has 0 fully saturated rings. The van der Waals surface area contributed by atoms with Crippen LogP contribution in [0.2, 0.25) is 0 Å². The lowest BCUT2D eigenvalue weighted by atomic mass is 10.5. The zero-order valence-corrected chi connectivity index (χ0v) is 8.51. The van der Waals surface area contributed by atoms with E-state index in [0.717, 1.165) is 16.9 Å². The molecule has 0 bridgehead atoms. The van der Waals surface area contributed by atoms with Crippen LogP contribution in [0.15, 0.2) is 0 Å². The van der Waals surface area contributed by atoms with Gasteiger partial charge in [0.1, 0.15) is 14.1 Å². The van der Waals surface area contributed by atoms with Crippen molar-refractivity contribution < 1.29 is 13.8 Å². The number of rotatable bonds is 2. The van der Waals surface area contributed by atoms with E-state index in [-0.39, 0.29) is 0 Å². The molecule has 0 aromatic rings. The Morgan fingerprint density at radius 3 is 1.82 bits per heavy atom. The van der Waals surface area contributed by atoms with Crippen molar-refractivity contribution in [3.8, 4) is 0 Å². The van der Waals surface area contributed by atoms with Crippen LogP contribution in [-0.4, -0.2) is 63.8 Å². The molecule has 0 aromatic carbocycles. The van der Waals surface area contributed by atoms with Crippen LogP contribution in [0.1, 0.15) is 0 Å². The van der Waals surface area contributed by atoms with Crippen molar-refractivity contribution in [3.63, 3.8) is 0 Å². The van der Waals surface area contributed by atoms with Crippen LogP contribution in [0.5, 0.6) is 0 Å². The smallest absolute Gasteiger partial charge is 0.392 e. The second-order valence-corrected chi connectivity index (χ2v) is 3.94. The molecule has 3 heteroatoms. The van der Waals surface area contributed by atoms with E-state index in [1.807, 2.05) is 18.7 Å². The van der Waals surface area contributed by atoms with E-state index in [0.29, 0.717) is 0 Å². The predicted molar refractivity (Wildman–Crippen MR) is 47.0 cm³/mol. The van der Waals surface area contributed by atoms with Crippen molar-refractivity contribution in [3.05, 3.63) is 0 Å². The van der Waals surface area contributed by atoms with Crippen LogP contribution in [0.4, 0.5) is 0 Å². The molecule has 66 valence electrons. The lowest BCUT2D eigenvalue weighted by Crippen LogP contribution is -2.42. The van der Waals surface area contributed by atoms with Gasteiger partial charge in [-0.2, -0.15) is 0 Å². The first-order chi connectivity index (χ1) is 4.87. The molecule has 0 aliphatic heterocycles. The first kappa shape index (κ1) is 10.4. The van der Waals surface area contributed by atoms with Gasteiger partial charge < -0.3 is 9.22 Å². The minimum Gasteiger partial charge on any atom is -0.447 e. The first-order valence-electron chi connectivity index (χ1n) is 3.74. The van der Waals surface area contributed by atoms with Gasteiger partial charge in [-0.15, -0.1) is 0 Å². The summed E-state index contributed by atoms with van der Waals surface area (Å²) >= 11 is 0. The van der Waals surface area contributed by atoms with Gasteiger partial charge >= 0.3 is 5.90 Å². The second kappa shape index (κ2) is 3.72. The maximum absolute atomic E-state index is 5.21. The summed E-state index contributed by atoms with van der Waals surface area (Å²) in [5.41, 5.74) is 0. The van der Waals surface area contributed by atoms with E-state index < -0.39 is 0 Å². The quantitative estimate of drug-likeness (QED) is 0.240.